The van der Waals surface area contributed by atoms with E-state index in [0.29, 0.717) is 23.7 Å². The summed E-state index contributed by atoms with van der Waals surface area (Å²) >= 11 is 9.49. The lowest BCUT2D eigenvalue weighted by molar-refractivity contribution is -0.143. The largest absolute Gasteiger partial charge is 0.482 e. The number of unbranched alkanes of at least 4 members (excludes halogenated alkanes) is 1. The van der Waals surface area contributed by atoms with Crippen molar-refractivity contribution in [3.05, 3.63) is 63.3 Å². The Bertz CT molecular complexity index is 880. The number of hydrogen-bond donors (Lipinski definition) is 1. The molecule has 31 heavy (non-hydrogen) atoms. The standard InChI is InChI=1S/C23H27BrClFN2O3/c1-3-5-12-27-23(30)20(4-2)28(14-16-6-9-18(26)10-7-16)22(29)15-31-21-11-8-17(24)13-19(21)25/h6-11,13,20H,3-5,12,14-15H2,1-2H3,(H,27,30). The first kappa shape index (κ1) is 25.1. The van der Waals surface area contributed by atoms with E-state index in [-0.39, 0.29) is 30.8 Å². The number of benzene rings is 2. The van der Waals surface area contributed by atoms with Gasteiger partial charge in [0.05, 0.1) is 5.02 Å². The van der Waals surface area contributed by atoms with Gasteiger partial charge in [-0.3, -0.25) is 9.59 Å². The Labute approximate surface area is 196 Å². The smallest absolute Gasteiger partial charge is 0.261 e. The molecule has 2 aromatic rings. The van der Waals surface area contributed by atoms with Crippen LogP contribution in [0.25, 0.3) is 0 Å². The number of nitrogens with one attached hydrogen (secondary N) is 1. The van der Waals surface area contributed by atoms with E-state index in [4.69, 9.17) is 16.3 Å². The lowest BCUT2D eigenvalue weighted by Crippen LogP contribution is -2.50. The molecule has 0 heterocycles. The maximum absolute atomic E-state index is 13.3. The molecule has 2 rings (SSSR count). The number of carbonyl (C=O) groups is 2. The van der Waals surface area contributed by atoms with Gasteiger partial charge in [-0.05, 0) is 48.7 Å². The van der Waals surface area contributed by atoms with Gasteiger partial charge in [-0.1, -0.05) is 59.9 Å². The lowest BCUT2D eigenvalue weighted by Gasteiger charge is -2.30. The Morgan fingerprint density at radius 1 is 1.19 bits per heavy atom. The third-order valence-corrected chi connectivity index (χ3v) is 5.52. The highest BCUT2D eigenvalue weighted by Crippen LogP contribution is 2.27. The SMILES string of the molecule is CCCCNC(=O)C(CC)N(Cc1ccc(F)cc1)C(=O)COc1ccc(Br)cc1Cl. The zero-order chi connectivity index (χ0) is 22.8. The highest BCUT2D eigenvalue weighted by molar-refractivity contribution is 9.10. The van der Waals surface area contributed by atoms with Gasteiger partial charge in [-0.2, -0.15) is 0 Å². The minimum absolute atomic E-state index is 0.163. The molecule has 0 fully saturated rings. The second kappa shape index (κ2) is 12.7. The predicted octanol–water partition coefficient (Wildman–Crippen LogP) is 5.34. The predicted molar refractivity (Wildman–Crippen MR) is 124 cm³/mol. The highest BCUT2D eigenvalue weighted by atomic mass is 79.9. The molecule has 8 heteroatoms. The summed E-state index contributed by atoms with van der Waals surface area (Å²) in [7, 11) is 0. The Morgan fingerprint density at radius 3 is 2.52 bits per heavy atom. The summed E-state index contributed by atoms with van der Waals surface area (Å²) in [5.74, 6) is -0.562. The van der Waals surface area contributed by atoms with Crippen molar-refractivity contribution in [1.29, 1.82) is 0 Å². The van der Waals surface area contributed by atoms with Crippen LogP contribution in [-0.4, -0.2) is 35.9 Å². The molecule has 168 valence electrons. The third kappa shape index (κ3) is 7.82. The van der Waals surface area contributed by atoms with Crippen LogP contribution in [0.4, 0.5) is 4.39 Å². The van der Waals surface area contributed by atoms with E-state index in [0.717, 1.165) is 22.9 Å². The molecule has 5 nitrogen and oxygen atoms in total. The van der Waals surface area contributed by atoms with Crippen LogP contribution in [0.15, 0.2) is 46.9 Å². The van der Waals surface area contributed by atoms with E-state index in [1.165, 1.54) is 17.0 Å². The quantitative estimate of drug-likeness (QED) is 0.412. The van der Waals surface area contributed by atoms with Gasteiger partial charge in [-0.25, -0.2) is 4.39 Å². The van der Waals surface area contributed by atoms with Crippen molar-refractivity contribution >= 4 is 39.3 Å². The number of ether oxygens (including phenoxy) is 1. The Morgan fingerprint density at radius 2 is 1.90 bits per heavy atom. The zero-order valence-corrected chi connectivity index (χ0v) is 20.0. The number of hydrogen-bond acceptors (Lipinski definition) is 3. The molecule has 0 saturated carbocycles. The van der Waals surface area contributed by atoms with Gasteiger partial charge in [0, 0.05) is 17.6 Å². The first-order valence-corrected chi connectivity index (χ1v) is 11.4. The Kier molecular flexibility index (Phi) is 10.3. The molecule has 2 amide bonds. The van der Waals surface area contributed by atoms with Gasteiger partial charge in [-0.15, -0.1) is 0 Å². The van der Waals surface area contributed by atoms with Crippen LogP contribution in [0.2, 0.25) is 5.02 Å². The van der Waals surface area contributed by atoms with Gasteiger partial charge in [0.15, 0.2) is 6.61 Å². The van der Waals surface area contributed by atoms with Crippen LogP contribution >= 0.6 is 27.5 Å². The molecule has 2 aromatic carbocycles. The number of halogens is 3. The van der Waals surface area contributed by atoms with Crippen LogP contribution in [0.3, 0.4) is 0 Å². The molecular weight excluding hydrogens is 487 g/mol. The molecule has 0 aliphatic carbocycles. The van der Waals surface area contributed by atoms with Crippen LogP contribution < -0.4 is 10.1 Å². The monoisotopic (exact) mass is 512 g/mol. The summed E-state index contributed by atoms with van der Waals surface area (Å²) in [6.07, 6.45) is 2.25. The Balaban J connectivity index is 2.18. The van der Waals surface area contributed by atoms with Gasteiger partial charge in [0.1, 0.15) is 17.6 Å². The molecular formula is C23H27BrClFN2O3. The fraction of sp³-hybridized carbons (Fsp3) is 0.391. The topological polar surface area (TPSA) is 58.6 Å². The summed E-state index contributed by atoms with van der Waals surface area (Å²) in [6.45, 7) is 4.33. The van der Waals surface area contributed by atoms with Gasteiger partial charge >= 0.3 is 0 Å². The van der Waals surface area contributed by atoms with Gasteiger partial charge < -0.3 is 15.0 Å². The van der Waals surface area contributed by atoms with E-state index < -0.39 is 6.04 Å². The van der Waals surface area contributed by atoms with Crippen molar-refractivity contribution < 1.29 is 18.7 Å². The summed E-state index contributed by atoms with van der Waals surface area (Å²) < 4.78 is 19.7. The molecule has 0 radical (unpaired) electrons. The summed E-state index contributed by atoms with van der Waals surface area (Å²) in [6, 6.07) is 10.3. The molecule has 0 bridgehead atoms. The van der Waals surface area contributed by atoms with E-state index in [9.17, 15) is 14.0 Å². The zero-order valence-electron chi connectivity index (χ0n) is 17.7. The fourth-order valence-electron chi connectivity index (χ4n) is 3.03. The molecule has 0 aliphatic rings. The third-order valence-electron chi connectivity index (χ3n) is 4.73. The molecule has 0 saturated heterocycles. The molecule has 1 atom stereocenters. The minimum Gasteiger partial charge on any atom is -0.482 e. The average molecular weight is 514 g/mol. The first-order valence-electron chi connectivity index (χ1n) is 10.2. The fourth-order valence-corrected chi connectivity index (χ4v) is 3.75. The first-order chi connectivity index (χ1) is 14.8. The van der Waals surface area contributed by atoms with Gasteiger partial charge in [0.2, 0.25) is 5.91 Å². The second-order valence-corrected chi connectivity index (χ2v) is 8.40. The van der Waals surface area contributed by atoms with Gasteiger partial charge in [0.25, 0.3) is 5.91 Å². The number of nitrogens with zero attached hydrogens (tertiary/aromatic N) is 1. The number of amides is 2. The van der Waals surface area contributed by atoms with E-state index in [1.54, 1.807) is 30.3 Å². The molecule has 1 unspecified atom stereocenters. The van der Waals surface area contributed by atoms with Crippen LogP contribution in [0, 0.1) is 5.82 Å². The van der Waals surface area contributed by atoms with Crippen molar-refractivity contribution in [3.8, 4) is 5.75 Å². The number of carbonyl (C=O) groups excluding carboxylic acids is 2. The molecule has 0 aromatic heterocycles. The molecule has 1 N–H and O–H groups in total. The normalized spacial score (nSPS) is 11.6. The summed E-state index contributed by atoms with van der Waals surface area (Å²) in [5, 5.41) is 3.27. The van der Waals surface area contributed by atoms with Crippen LogP contribution in [-0.2, 0) is 16.1 Å². The van der Waals surface area contributed by atoms with Crippen molar-refractivity contribution in [3.63, 3.8) is 0 Å². The van der Waals surface area contributed by atoms with Crippen LogP contribution in [0.5, 0.6) is 5.75 Å². The van der Waals surface area contributed by atoms with E-state index in [1.807, 2.05) is 13.8 Å². The van der Waals surface area contributed by atoms with Crippen LogP contribution in [0.1, 0.15) is 38.7 Å². The lowest BCUT2D eigenvalue weighted by atomic mass is 10.1. The average Bonchev–Trinajstić information content (AvgIpc) is 2.74. The number of rotatable bonds is 11. The minimum atomic E-state index is -0.668. The van der Waals surface area contributed by atoms with Crippen molar-refractivity contribution in [1.82, 2.24) is 10.2 Å². The maximum Gasteiger partial charge on any atom is 0.261 e. The van der Waals surface area contributed by atoms with Crippen molar-refractivity contribution in [2.24, 2.45) is 0 Å². The maximum atomic E-state index is 13.3. The van der Waals surface area contributed by atoms with E-state index in [2.05, 4.69) is 21.2 Å². The summed E-state index contributed by atoms with van der Waals surface area (Å²) in [5.41, 5.74) is 0.719. The highest BCUT2D eigenvalue weighted by Gasteiger charge is 2.29. The van der Waals surface area contributed by atoms with Crippen molar-refractivity contribution in [2.45, 2.75) is 45.7 Å². The second-order valence-electron chi connectivity index (χ2n) is 7.08. The molecule has 0 spiro atoms. The summed E-state index contributed by atoms with van der Waals surface area (Å²) in [4.78, 5) is 27.3. The van der Waals surface area contributed by atoms with E-state index >= 15 is 0 Å². The molecule has 0 aliphatic heterocycles. The van der Waals surface area contributed by atoms with Crippen molar-refractivity contribution in [2.75, 3.05) is 13.2 Å². The Hall–Kier alpha value is -2.12.